The van der Waals surface area contributed by atoms with Crippen LogP contribution in [0.5, 0.6) is 0 Å². The molecule has 0 bridgehead atoms. The Morgan fingerprint density at radius 3 is 2.45 bits per heavy atom. The van der Waals surface area contributed by atoms with Gasteiger partial charge in [-0.25, -0.2) is 4.18 Å². The van der Waals surface area contributed by atoms with E-state index in [1.165, 1.54) is 0 Å². The second-order valence-electron chi connectivity index (χ2n) is 2.52. The van der Waals surface area contributed by atoms with Gasteiger partial charge in [-0.1, -0.05) is 12.2 Å². The quantitative estimate of drug-likeness (QED) is 0.512. The molecule has 0 atom stereocenters. The lowest BCUT2D eigenvalue weighted by atomic mass is 10.1. The third kappa shape index (κ3) is 3.50. The van der Waals surface area contributed by atoms with Crippen LogP contribution in [0.4, 0.5) is 0 Å². The van der Waals surface area contributed by atoms with Crippen LogP contribution >= 0.6 is 0 Å². The molecule has 0 aromatic rings. The van der Waals surface area contributed by atoms with Crippen LogP contribution in [-0.4, -0.2) is 19.6 Å². The van der Waals surface area contributed by atoms with Crippen molar-refractivity contribution in [2.45, 2.75) is 12.8 Å². The van der Waals surface area contributed by atoms with Gasteiger partial charge in [-0.3, -0.25) is 4.55 Å². The lowest BCUT2D eigenvalue weighted by Gasteiger charge is -2.05. The summed E-state index contributed by atoms with van der Waals surface area (Å²) in [4.78, 5) is 0. The Hall–Kier alpha value is -0.390. The van der Waals surface area contributed by atoms with E-state index in [2.05, 4.69) is 4.18 Å². The minimum atomic E-state index is -4.24. The van der Waals surface area contributed by atoms with Crippen molar-refractivity contribution in [2.75, 3.05) is 6.61 Å². The molecule has 0 aromatic carbocycles. The second-order valence-corrected chi connectivity index (χ2v) is 3.61. The summed E-state index contributed by atoms with van der Waals surface area (Å²) in [5.74, 6) is 0.205. The van der Waals surface area contributed by atoms with Crippen molar-refractivity contribution < 1.29 is 17.2 Å². The van der Waals surface area contributed by atoms with Crippen LogP contribution < -0.4 is 0 Å². The fourth-order valence-corrected chi connectivity index (χ4v) is 1.36. The molecule has 0 saturated carbocycles. The Morgan fingerprint density at radius 1 is 1.45 bits per heavy atom. The highest BCUT2D eigenvalue weighted by Gasteiger charge is 2.13. The van der Waals surface area contributed by atoms with Crippen LogP contribution in [0.3, 0.4) is 0 Å². The van der Waals surface area contributed by atoms with Gasteiger partial charge in [-0.15, -0.1) is 0 Å². The topological polar surface area (TPSA) is 63.6 Å². The zero-order valence-corrected chi connectivity index (χ0v) is 6.75. The first kappa shape index (κ1) is 8.70. The second kappa shape index (κ2) is 3.34. The molecule has 1 aliphatic carbocycles. The average molecular weight is 178 g/mol. The largest absolute Gasteiger partial charge is 0.397 e. The lowest BCUT2D eigenvalue weighted by molar-refractivity contribution is 0.227. The fourth-order valence-electron chi connectivity index (χ4n) is 0.992. The Labute approximate surface area is 65.8 Å². The summed E-state index contributed by atoms with van der Waals surface area (Å²) in [6, 6.07) is 0. The maximum atomic E-state index is 10.1. The van der Waals surface area contributed by atoms with Gasteiger partial charge in [0.2, 0.25) is 0 Å². The van der Waals surface area contributed by atoms with Gasteiger partial charge in [-0.2, -0.15) is 8.42 Å². The predicted octanol–water partition coefficient (Wildman–Crippen LogP) is 0.772. The average Bonchev–Trinajstić information content (AvgIpc) is 2.32. The number of allylic oxidation sites excluding steroid dienone is 2. The van der Waals surface area contributed by atoms with E-state index >= 15 is 0 Å². The van der Waals surface area contributed by atoms with Crippen LogP contribution in [0.1, 0.15) is 12.8 Å². The Balaban J connectivity index is 2.23. The van der Waals surface area contributed by atoms with E-state index in [1.54, 1.807) is 0 Å². The van der Waals surface area contributed by atoms with Crippen molar-refractivity contribution in [3.63, 3.8) is 0 Å². The van der Waals surface area contributed by atoms with Crippen molar-refractivity contribution in [1.82, 2.24) is 0 Å². The predicted molar refractivity (Wildman–Crippen MR) is 39.4 cm³/mol. The van der Waals surface area contributed by atoms with Crippen LogP contribution in [0.25, 0.3) is 0 Å². The molecule has 0 saturated heterocycles. The molecule has 0 heterocycles. The third-order valence-electron chi connectivity index (χ3n) is 1.56. The normalized spacial score (nSPS) is 19.4. The van der Waals surface area contributed by atoms with E-state index in [0.29, 0.717) is 0 Å². The molecule has 0 spiro atoms. The van der Waals surface area contributed by atoms with Gasteiger partial charge < -0.3 is 0 Å². The van der Waals surface area contributed by atoms with E-state index in [4.69, 9.17) is 4.55 Å². The van der Waals surface area contributed by atoms with Gasteiger partial charge in [0.05, 0.1) is 6.61 Å². The van der Waals surface area contributed by atoms with Crippen molar-refractivity contribution in [3.05, 3.63) is 12.2 Å². The summed E-state index contributed by atoms with van der Waals surface area (Å²) < 4.78 is 32.6. The summed E-state index contributed by atoms with van der Waals surface area (Å²) >= 11 is 0. The molecule has 0 aliphatic heterocycles. The monoisotopic (exact) mass is 178 g/mol. The minimum absolute atomic E-state index is 0.0752. The highest BCUT2D eigenvalue weighted by Crippen LogP contribution is 2.17. The van der Waals surface area contributed by atoms with Crippen LogP contribution in [0.2, 0.25) is 0 Å². The number of rotatable bonds is 3. The first-order chi connectivity index (χ1) is 5.08. The molecular weight excluding hydrogens is 168 g/mol. The molecule has 1 rings (SSSR count). The zero-order valence-electron chi connectivity index (χ0n) is 5.93. The molecule has 1 aliphatic rings. The molecule has 0 aromatic heterocycles. The number of hydrogen-bond acceptors (Lipinski definition) is 3. The summed E-state index contributed by atoms with van der Waals surface area (Å²) in [5.41, 5.74) is 0. The Kier molecular flexibility index (Phi) is 2.64. The van der Waals surface area contributed by atoms with Crippen molar-refractivity contribution in [1.29, 1.82) is 0 Å². The van der Waals surface area contributed by atoms with E-state index in [0.717, 1.165) is 12.8 Å². The van der Waals surface area contributed by atoms with Crippen LogP contribution in [0, 0.1) is 5.92 Å². The third-order valence-corrected chi connectivity index (χ3v) is 1.99. The molecular formula is C6H10O4S. The molecule has 4 nitrogen and oxygen atoms in total. The van der Waals surface area contributed by atoms with Gasteiger partial charge in [0, 0.05) is 0 Å². The van der Waals surface area contributed by atoms with Crippen molar-refractivity contribution in [3.8, 4) is 0 Å². The van der Waals surface area contributed by atoms with Gasteiger partial charge in [-0.05, 0) is 18.8 Å². The van der Waals surface area contributed by atoms with Crippen molar-refractivity contribution in [2.24, 2.45) is 5.92 Å². The van der Waals surface area contributed by atoms with Crippen molar-refractivity contribution >= 4 is 10.4 Å². The van der Waals surface area contributed by atoms with Gasteiger partial charge >= 0.3 is 10.4 Å². The molecule has 0 amide bonds. The van der Waals surface area contributed by atoms with Crippen LogP contribution in [0.15, 0.2) is 12.2 Å². The maximum absolute atomic E-state index is 10.1. The number of hydrogen-bond donors (Lipinski definition) is 1. The zero-order chi connectivity index (χ0) is 8.32. The van der Waals surface area contributed by atoms with E-state index < -0.39 is 10.4 Å². The maximum Gasteiger partial charge on any atom is 0.397 e. The van der Waals surface area contributed by atoms with E-state index in [9.17, 15) is 8.42 Å². The molecule has 64 valence electrons. The molecule has 0 radical (unpaired) electrons. The smallest absolute Gasteiger partial charge is 0.264 e. The molecule has 11 heavy (non-hydrogen) atoms. The summed E-state index contributed by atoms with van der Waals surface area (Å²) in [6.07, 6.45) is 5.60. The standard InChI is InChI=1S/C6H10O4S/c7-11(8,9)10-5-6-3-1-2-4-6/h1-2,6H,3-5H2,(H,7,8,9). The Morgan fingerprint density at radius 2 is 2.00 bits per heavy atom. The SMILES string of the molecule is O=S(=O)(O)OCC1CC=CC1. The first-order valence-corrected chi connectivity index (χ1v) is 4.71. The summed E-state index contributed by atoms with van der Waals surface area (Å²) in [5, 5.41) is 0. The highest BCUT2D eigenvalue weighted by molar-refractivity contribution is 7.80. The minimum Gasteiger partial charge on any atom is -0.264 e. The van der Waals surface area contributed by atoms with Gasteiger partial charge in [0.1, 0.15) is 0 Å². The summed E-state index contributed by atoms with van der Waals surface area (Å²) in [7, 11) is -4.24. The lowest BCUT2D eigenvalue weighted by Crippen LogP contribution is -2.11. The van der Waals surface area contributed by atoms with Gasteiger partial charge in [0.15, 0.2) is 0 Å². The molecule has 1 N–H and O–H groups in total. The molecule has 5 heteroatoms. The van der Waals surface area contributed by atoms with Gasteiger partial charge in [0.25, 0.3) is 0 Å². The summed E-state index contributed by atoms with van der Waals surface area (Å²) in [6.45, 7) is 0.0752. The van der Waals surface area contributed by atoms with E-state index in [-0.39, 0.29) is 12.5 Å². The highest BCUT2D eigenvalue weighted by atomic mass is 32.3. The Bertz CT molecular complexity index is 233. The van der Waals surface area contributed by atoms with Crippen LogP contribution in [-0.2, 0) is 14.6 Å². The van der Waals surface area contributed by atoms with E-state index in [1.807, 2.05) is 12.2 Å². The molecule has 0 unspecified atom stereocenters. The first-order valence-electron chi connectivity index (χ1n) is 3.35. The molecule has 0 fully saturated rings. The fraction of sp³-hybridized carbons (Fsp3) is 0.667.